The number of nitrogens with one attached hydrogen (secondary N) is 2. The molecule has 0 aromatic heterocycles. The first-order chi connectivity index (χ1) is 30.8. The average Bonchev–Trinajstić information content (AvgIpc) is 3.27. The number of ether oxygens (including phenoxy) is 2. The molecule has 0 radical (unpaired) electrons. The predicted molar refractivity (Wildman–Crippen MR) is 237 cm³/mol. The van der Waals surface area contributed by atoms with E-state index in [0.717, 1.165) is 88.0 Å². The van der Waals surface area contributed by atoms with Gasteiger partial charge in [-0.3, -0.25) is 9.59 Å². The van der Waals surface area contributed by atoms with Gasteiger partial charge in [0.1, 0.15) is 30.5 Å². The molecule has 3 rings (SSSR count). The van der Waals surface area contributed by atoms with E-state index in [2.05, 4.69) is 17.6 Å². The average molecular weight is 913 g/mol. The molecule has 15 heteroatoms. The number of rotatable bonds is 34. The molecule has 2 aromatic carbocycles. The van der Waals surface area contributed by atoms with Gasteiger partial charge in [-0.1, -0.05) is 135 Å². The highest BCUT2D eigenvalue weighted by molar-refractivity contribution is 5.78. The minimum atomic E-state index is -1.76. The predicted octanol–water partition coefficient (Wildman–Crippen LogP) is 7.78. The van der Waals surface area contributed by atoms with Crippen molar-refractivity contribution < 1.29 is 62.2 Å². The lowest BCUT2D eigenvalue weighted by atomic mass is 9.98. The summed E-state index contributed by atoms with van der Waals surface area (Å²) in [7, 11) is 0. The smallest absolute Gasteiger partial charge is 0.224 e. The van der Waals surface area contributed by atoms with Crippen molar-refractivity contribution in [2.45, 2.75) is 210 Å². The van der Waals surface area contributed by atoms with Crippen molar-refractivity contribution in [1.82, 2.24) is 10.6 Å². The summed E-state index contributed by atoms with van der Waals surface area (Å²) in [6.45, 7) is 1.44. The van der Waals surface area contributed by atoms with E-state index in [-0.39, 0.29) is 37.3 Å². The molecule has 0 spiro atoms. The van der Waals surface area contributed by atoms with Gasteiger partial charge in [-0.2, -0.15) is 0 Å². The molecule has 2 amide bonds. The third-order valence-electron chi connectivity index (χ3n) is 12.1. The second kappa shape index (κ2) is 31.7. The molecule has 1 aliphatic heterocycles. The summed E-state index contributed by atoms with van der Waals surface area (Å²) < 4.78 is 65.1. The highest BCUT2D eigenvalue weighted by Gasteiger charge is 2.45. The molecule has 11 nitrogen and oxygen atoms in total. The summed E-state index contributed by atoms with van der Waals surface area (Å²) >= 11 is 0. The van der Waals surface area contributed by atoms with E-state index >= 15 is 0 Å². The Morgan fingerprint density at radius 1 is 0.641 bits per heavy atom. The number of hydrogen-bond acceptors (Lipinski definition) is 9. The van der Waals surface area contributed by atoms with Crippen LogP contribution < -0.4 is 10.6 Å². The minimum Gasteiger partial charge on any atom is -0.390 e. The van der Waals surface area contributed by atoms with Crippen LogP contribution in [0, 0.1) is 23.3 Å². The molecule has 364 valence electrons. The van der Waals surface area contributed by atoms with Gasteiger partial charge in [-0.25, -0.2) is 17.6 Å². The van der Waals surface area contributed by atoms with Crippen LogP contribution in [0.15, 0.2) is 36.4 Å². The van der Waals surface area contributed by atoms with Gasteiger partial charge in [0, 0.05) is 13.0 Å². The second-order valence-corrected chi connectivity index (χ2v) is 17.6. The number of hydrogen-bond donors (Lipinski definition) is 7. The Balaban J connectivity index is 1.46. The summed E-state index contributed by atoms with van der Waals surface area (Å²) in [5, 5.41) is 59.6. The van der Waals surface area contributed by atoms with E-state index in [1.54, 1.807) is 6.07 Å². The van der Waals surface area contributed by atoms with Gasteiger partial charge in [0.2, 0.25) is 11.8 Å². The zero-order chi connectivity index (χ0) is 46.7. The van der Waals surface area contributed by atoms with Crippen LogP contribution in [-0.2, 0) is 31.9 Å². The van der Waals surface area contributed by atoms with Crippen LogP contribution in [-0.4, -0.2) is 99.5 Å². The lowest BCUT2D eigenvalue weighted by Crippen LogP contribution is -2.61. The number of benzene rings is 2. The number of aliphatic hydroxyl groups excluding tert-OH is 5. The van der Waals surface area contributed by atoms with E-state index in [4.69, 9.17) is 9.47 Å². The van der Waals surface area contributed by atoms with Gasteiger partial charge >= 0.3 is 0 Å². The number of carbonyl (C=O) groups excluding carboxylic acids is 2. The van der Waals surface area contributed by atoms with Gasteiger partial charge in [0.25, 0.3) is 0 Å². The third kappa shape index (κ3) is 21.4. The molecule has 0 unspecified atom stereocenters. The van der Waals surface area contributed by atoms with Crippen molar-refractivity contribution in [2.75, 3.05) is 13.2 Å². The number of unbranched alkanes of at least 4 members (excludes halogenated alkanes) is 18. The highest BCUT2D eigenvalue weighted by Crippen LogP contribution is 2.24. The molecule has 1 heterocycles. The van der Waals surface area contributed by atoms with E-state index in [9.17, 15) is 52.7 Å². The number of aryl methyl sites for hydroxylation is 1. The Kier molecular flexibility index (Phi) is 27.3. The van der Waals surface area contributed by atoms with Crippen LogP contribution in [0.25, 0.3) is 0 Å². The van der Waals surface area contributed by atoms with Crippen molar-refractivity contribution in [3.63, 3.8) is 0 Å². The molecule has 2 aromatic rings. The monoisotopic (exact) mass is 913 g/mol. The molecule has 1 aliphatic rings. The van der Waals surface area contributed by atoms with Crippen molar-refractivity contribution in [2.24, 2.45) is 0 Å². The fourth-order valence-corrected chi connectivity index (χ4v) is 8.04. The standard InChI is InChI=1S/C49H76F4N2O9/c1-2-3-4-5-6-7-8-9-10-14-17-20-23-41(56)45(59)40(55-43(57)24-21-18-15-12-11-13-16-19-22-34-25-27-36(50)38(52)29-34)33-63-49-48(62)47(61)46(60)42(64-49)32-54-44(58)31-35-26-28-37(51)39(53)30-35/h25-30,40-42,45-49,56,59-62H,2-24,31-33H2,1H3,(H,54,58)(H,55,57)/t40-,41+,42+,45-,46-,47-,48+,49-/m0/s1. The molecule has 1 saturated heterocycles. The van der Waals surface area contributed by atoms with Crippen molar-refractivity contribution >= 4 is 11.8 Å². The maximum atomic E-state index is 13.6. The lowest BCUT2D eigenvalue weighted by molar-refractivity contribution is -0.297. The molecule has 0 bridgehead atoms. The Morgan fingerprint density at radius 3 is 1.73 bits per heavy atom. The SMILES string of the molecule is CCCCCCCCCCCCCC[C@@H](O)[C@@H](O)[C@H](CO[C@H]1O[C@H](CNC(=O)Cc2ccc(F)c(F)c2)[C@H](O)[C@H](O)[C@H]1O)NC(=O)CCCCCCCCCCc1ccc(F)c(F)c1. The van der Waals surface area contributed by atoms with E-state index < -0.39 is 84.7 Å². The topological polar surface area (TPSA) is 178 Å². The third-order valence-corrected chi connectivity index (χ3v) is 12.1. The molecule has 0 aliphatic carbocycles. The first-order valence-corrected chi connectivity index (χ1v) is 23.9. The first-order valence-electron chi connectivity index (χ1n) is 23.9. The summed E-state index contributed by atoms with van der Waals surface area (Å²) in [6, 6.07) is 5.91. The van der Waals surface area contributed by atoms with Gasteiger partial charge in [-0.05, 0) is 61.1 Å². The van der Waals surface area contributed by atoms with Crippen LogP contribution >= 0.6 is 0 Å². The molecule has 8 atom stereocenters. The number of halogens is 4. The maximum Gasteiger partial charge on any atom is 0.224 e. The van der Waals surface area contributed by atoms with Gasteiger partial charge in [0.05, 0.1) is 25.2 Å². The Hall–Kier alpha value is -3.18. The fraction of sp³-hybridized carbons (Fsp3) is 0.714. The number of aliphatic hydroxyl groups is 5. The number of carbonyl (C=O) groups is 2. The van der Waals surface area contributed by atoms with Gasteiger partial charge in [-0.15, -0.1) is 0 Å². The molecule has 7 N–H and O–H groups in total. The molecular formula is C49H76F4N2O9. The van der Waals surface area contributed by atoms with E-state index in [0.29, 0.717) is 19.3 Å². The zero-order valence-corrected chi connectivity index (χ0v) is 37.8. The Morgan fingerprint density at radius 2 is 1.16 bits per heavy atom. The highest BCUT2D eigenvalue weighted by atomic mass is 19.2. The van der Waals surface area contributed by atoms with Crippen LogP contribution in [0.2, 0.25) is 0 Å². The Bertz CT molecular complexity index is 1610. The quantitative estimate of drug-likeness (QED) is 0.0273. The fourth-order valence-electron chi connectivity index (χ4n) is 8.04. The van der Waals surface area contributed by atoms with Gasteiger partial charge < -0.3 is 45.6 Å². The largest absolute Gasteiger partial charge is 0.390 e. The molecule has 64 heavy (non-hydrogen) atoms. The van der Waals surface area contributed by atoms with Crippen molar-refractivity contribution in [3.05, 3.63) is 70.8 Å². The first kappa shape index (κ1) is 55.1. The molecule has 1 fully saturated rings. The Labute approximate surface area is 377 Å². The van der Waals surface area contributed by atoms with Crippen LogP contribution in [0.5, 0.6) is 0 Å². The summed E-state index contributed by atoms with van der Waals surface area (Å²) in [5.74, 6) is -4.82. The van der Waals surface area contributed by atoms with Crippen molar-refractivity contribution in [3.8, 4) is 0 Å². The summed E-state index contributed by atoms with van der Waals surface area (Å²) in [5.41, 5.74) is 0.981. The summed E-state index contributed by atoms with van der Waals surface area (Å²) in [4.78, 5) is 25.7. The van der Waals surface area contributed by atoms with E-state index in [1.165, 1.54) is 63.5 Å². The zero-order valence-electron chi connectivity index (χ0n) is 37.8. The van der Waals surface area contributed by atoms with Gasteiger partial charge in [0.15, 0.2) is 29.6 Å². The second-order valence-electron chi connectivity index (χ2n) is 17.6. The molecule has 0 saturated carbocycles. The lowest BCUT2D eigenvalue weighted by Gasteiger charge is -2.41. The minimum absolute atomic E-state index is 0.159. The molecular weight excluding hydrogens is 837 g/mol. The number of amides is 2. The normalized spacial score (nSPS) is 20.2. The van der Waals surface area contributed by atoms with E-state index in [1.807, 2.05) is 0 Å². The maximum absolute atomic E-state index is 13.6. The van der Waals surface area contributed by atoms with Crippen LogP contribution in [0.3, 0.4) is 0 Å². The summed E-state index contributed by atoms with van der Waals surface area (Å²) in [6.07, 6.45) is 11.1. The van der Waals surface area contributed by atoms with Crippen LogP contribution in [0.4, 0.5) is 17.6 Å². The van der Waals surface area contributed by atoms with Crippen molar-refractivity contribution in [1.29, 1.82) is 0 Å². The van der Waals surface area contributed by atoms with Crippen LogP contribution in [0.1, 0.15) is 159 Å².